The second-order valence-corrected chi connectivity index (χ2v) is 5.13. The second kappa shape index (κ2) is 3.65. The van der Waals surface area contributed by atoms with Crippen LogP contribution in [-0.4, -0.2) is 28.7 Å². The van der Waals surface area contributed by atoms with Crippen molar-refractivity contribution in [3.63, 3.8) is 0 Å². The van der Waals surface area contributed by atoms with Gasteiger partial charge in [0.15, 0.2) is 5.82 Å². The Bertz CT molecular complexity index is 510. The molecule has 6 heteroatoms. The van der Waals surface area contributed by atoms with Gasteiger partial charge in [-0.15, -0.1) is 0 Å². The standard InChI is InChI=1S/C12H13FN2O3/c13-10-5-9(15(17)18)3-4-11(10)14-6-12(16,7-14)8-1-2-8/h3-5,8,16H,1-2,6-7H2. The fourth-order valence-corrected chi connectivity index (χ4v) is 2.53. The molecule has 0 radical (unpaired) electrons. The van der Waals surface area contributed by atoms with Crippen LogP contribution in [0.15, 0.2) is 18.2 Å². The quantitative estimate of drug-likeness (QED) is 0.656. The normalized spacial score (nSPS) is 21.6. The molecule has 0 amide bonds. The molecular formula is C12H13FN2O3. The van der Waals surface area contributed by atoms with E-state index in [1.807, 2.05) is 0 Å². The molecule has 96 valence electrons. The Morgan fingerprint density at radius 2 is 2.11 bits per heavy atom. The van der Waals surface area contributed by atoms with Crippen molar-refractivity contribution < 1.29 is 14.4 Å². The lowest BCUT2D eigenvalue weighted by molar-refractivity contribution is -0.385. The summed E-state index contributed by atoms with van der Waals surface area (Å²) in [4.78, 5) is 11.6. The molecule has 2 aliphatic rings. The first kappa shape index (κ1) is 11.4. The molecule has 0 bridgehead atoms. The molecule has 2 fully saturated rings. The second-order valence-electron chi connectivity index (χ2n) is 5.13. The number of nitrogens with zero attached hydrogens (tertiary/aromatic N) is 2. The van der Waals surface area contributed by atoms with Gasteiger partial charge in [-0.05, 0) is 24.8 Å². The molecule has 1 N–H and O–H groups in total. The minimum Gasteiger partial charge on any atom is -0.386 e. The van der Waals surface area contributed by atoms with Crippen molar-refractivity contribution in [2.24, 2.45) is 5.92 Å². The molecule has 0 aromatic heterocycles. The first-order valence-electron chi connectivity index (χ1n) is 5.91. The summed E-state index contributed by atoms with van der Waals surface area (Å²) in [5.74, 6) is -0.267. The Balaban J connectivity index is 1.76. The number of non-ortho nitro benzene ring substituents is 1. The van der Waals surface area contributed by atoms with Crippen molar-refractivity contribution in [1.82, 2.24) is 0 Å². The summed E-state index contributed by atoms with van der Waals surface area (Å²) in [7, 11) is 0. The molecule has 0 spiro atoms. The summed E-state index contributed by atoms with van der Waals surface area (Å²) in [6.45, 7) is 0.818. The lowest BCUT2D eigenvalue weighted by Crippen LogP contribution is -2.63. The van der Waals surface area contributed by atoms with E-state index in [0.29, 0.717) is 24.7 Å². The number of hydrogen-bond acceptors (Lipinski definition) is 4. The Hall–Kier alpha value is -1.69. The van der Waals surface area contributed by atoms with Crippen LogP contribution in [0.25, 0.3) is 0 Å². The first-order chi connectivity index (χ1) is 8.49. The highest BCUT2D eigenvalue weighted by Crippen LogP contribution is 2.46. The molecule has 1 heterocycles. The largest absolute Gasteiger partial charge is 0.386 e. The average Bonchev–Trinajstić information content (AvgIpc) is 3.09. The van der Waals surface area contributed by atoms with Gasteiger partial charge < -0.3 is 10.0 Å². The zero-order valence-corrected chi connectivity index (χ0v) is 9.67. The third kappa shape index (κ3) is 1.73. The topological polar surface area (TPSA) is 66.6 Å². The minimum absolute atomic E-state index is 0.255. The molecule has 3 rings (SSSR count). The molecule has 0 atom stereocenters. The van der Waals surface area contributed by atoms with Crippen LogP contribution in [0.2, 0.25) is 0 Å². The van der Waals surface area contributed by atoms with Crippen LogP contribution >= 0.6 is 0 Å². The van der Waals surface area contributed by atoms with E-state index in [2.05, 4.69) is 0 Å². The van der Waals surface area contributed by atoms with E-state index in [0.717, 1.165) is 18.9 Å². The molecule has 1 saturated heterocycles. The molecular weight excluding hydrogens is 239 g/mol. The van der Waals surface area contributed by atoms with Crippen molar-refractivity contribution in [1.29, 1.82) is 0 Å². The fourth-order valence-electron chi connectivity index (χ4n) is 2.53. The van der Waals surface area contributed by atoms with E-state index in [4.69, 9.17) is 0 Å². The predicted molar refractivity (Wildman–Crippen MR) is 62.9 cm³/mol. The smallest absolute Gasteiger partial charge is 0.272 e. The van der Waals surface area contributed by atoms with Crippen molar-refractivity contribution in [3.05, 3.63) is 34.1 Å². The van der Waals surface area contributed by atoms with Crippen molar-refractivity contribution in [2.45, 2.75) is 18.4 Å². The first-order valence-corrected chi connectivity index (χ1v) is 5.91. The maximum Gasteiger partial charge on any atom is 0.272 e. The zero-order valence-electron chi connectivity index (χ0n) is 9.67. The van der Waals surface area contributed by atoms with E-state index in [9.17, 15) is 19.6 Å². The number of aliphatic hydroxyl groups is 1. The van der Waals surface area contributed by atoms with Gasteiger partial charge in [-0.3, -0.25) is 10.1 Å². The number of benzene rings is 1. The van der Waals surface area contributed by atoms with Gasteiger partial charge in [0.25, 0.3) is 5.69 Å². The molecule has 0 unspecified atom stereocenters. The minimum atomic E-state index is -0.686. The molecule has 18 heavy (non-hydrogen) atoms. The highest BCUT2D eigenvalue weighted by Gasteiger charge is 2.52. The maximum atomic E-state index is 13.7. The molecule has 1 aromatic rings. The van der Waals surface area contributed by atoms with Gasteiger partial charge in [-0.2, -0.15) is 0 Å². The lowest BCUT2D eigenvalue weighted by atomic mass is 9.88. The van der Waals surface area contributed by atoms with Crippen LogP contribution in [-0.2, 0) is 0 Å². The van der Waals surface area contributed by atoms with Gasteiger partial charge >= 0.3 is 0 Å². The van der Waals surface area contributed by atoms with Crippen molar-refractivity contribution >= 4 is 11.4 Å². The SMILES string of the molecule is O=[N+]([O-])c1ccc(N2CC(O)(C3CC3)C2)c(F)c1. The third-order valence-corrected chi connectivity index (χ3v) is 3.75. The van der Waals surface area contributed by atoms with E-state index in [1.165, 1.54) is 12.1 Å². The number of hydrogen-bond donors (Lipinski definition) is 1. The molecule has 1 aliphatic heterocycles. The van der Waals surface area contributed by atoms with E-state index >= 15 is 0 Å². The number of nitro groups is 1. The summed E-state index contributed by atoms with van der Waals surface area (Å²) >= 11 is 0. The maximum absolute atomic E-state index is 13.7. The van der Waals surface area contributed by atoms with Gasteiger partial charge in [0.1, 0.15) is 5.60 Å². The van der Waals surface area contributed by atoms with Gasteiger partial charge in [0.05, 0.1) is 16.7 Å². The number of anilines is 1. The Morgan fingerprint density at radius 1 is 1.44 bits per heavy atom. The summed E-state index contributed by atoms with van der Waals surface area (Å²) in [6.07, 6.45) is 2.07. The van der Waals surface area contributed by atoms with Crippen LogP contribution in [0.4, 0.5) is 15.8 Å². The van der Waals surface area contributed by atoms with E-state index in [1.54, 1.807) is 4.90 Å². The van der Waals surface area contributed by atoms with Gasteiger partial charge in [-0.25, -0.2) is 4.39 Å². The summed E-state index contributed by atoms with van der Waals surface area (Å²) < 4.78 is 13.7. The summed E-state index contributed by atoms with van der Waals surface area (Å²) in [6, 6.07) is 3.61. The van der Waals surface area contributed by atoms with Gasteiger partial charge in [0, 0.05) is 19.2 Å². The summed E-state index contributed by atoms with van der Waals surface area (Å²) in [5.41, 5.74) is -0.617. The highest BCUT2D eigenvalue weighted by molar-refractivity contribution is 5.55. The monoisotopic (exact) mass is 252 g/mol. The fraction of sp³-hybridized carbons (Fsp3) is 0.500. The molecule has 1 aromatic carbocycles. The zero-order chi connectivity index (χ0) is 12.9. The lowest BCUT2D eigenvalue weighted by Gasteiger charge is -2.48. The van der Waals surface area contributed by atoms with Crippen molar-refractivity contribution in [2.75, 3.05) is 18.0 Å². The number of nitro benzene ring substituents is 1. The van der Waals surface area contributed by atoms with E-state index in [-0.39, 0.29) is 5.69 Å². The number of rotatable bonds is 3. The van der Waals surface area contributed by atoms with Crippen LogP contribution in [0.3, 0.4) is 0 Å². The molecule has 5 nitrogen and oxygen atoms in total. The molecule has 1 aliphatic carbocycles. The Kier molecular flexibility index (Phi) is 2.31. The third-order valence-electron chi connectivity index (χ3n) is 3.75. The van der Waals surface area contributed by atoms with Gasteiger partial charge in [0.2, 0.25) is 0 Å². The number of β-amino-alcohol motifs (C(OH)–C–C–N with tert-alkyl or cyclic N) is 1. The Labute approximate surface area is 103 Å². The highest BCUT2D eigenvalue weighted by atomic mass is 19.1. The predicted octanol–water partition coefficient (Wildman–Crippen LogP) is 1.70. The van der Waals surface area contributed by atoms with Gasteiger partial charge in [-0.1, -0.05) is 0 Å². The van der Waals surface area contributed by atoms with E-state index < -0.39 is 16.3 Å². The summed E-state index contributed by atoms with van der Waals surface area (Å²) in [5, 5.41) is 20.6. The average molecular weight is 252 g/mol. The Morgan fingerprint density at radius 3 is 2.61 bits per heavy atom. The van der Waals surface area contributed by atoms with Crippen LogP contribution in [0.1, 0.15) is 12.8 Å². The number of halogens is 1. The van der Waals surface area contributed by atoms with Crippen LogP contribution in [0, 0.1) is 21.8 Å². The van der Waals surface area contributed by atoms with Crippen LogP contribution in [0.5, 0.6) is 0 Å². The molecule has 1 saturated carbocycles. The van der Waals surface area contributed by atoms with Crippen LogP contribution < -0.4 is 4.90 Å². The van der Waals surface area contributed by atoms with Crippen molar-refractivity contribution in [3.8, 4) is 0 Å².